The molecule has 8 heteroatoms. The molecule has 3 rings (SSSR count). The molecule has 1 unspecified atom stereocenters. The highest BCUT2D eigenvalue weighted by atomic mass is 32.2. The monoisotopic (exact) mass is 352 g/mol. The normalized spacial score (nSPS) is 18.0. The quantitative estimate of drug-likeness (QED) is 0.846. The van der Waals surface area contributed by atoms with E-state index in [-0.39, 0.29) is 11.5 Å². The van der Waals surface area contributed by atoms with Gasteiger partial charge in [0.15, 0.2) is 4.96 Å². The third-order valence-electron chi connectivity index (χ3n) is 3.97. The van der Waals surface area contributed by atoms with Crippen LogP contribution in [0.5, 0.6) is 0 Å². The van der Waals surface area contributed by atoms with Crippen molar-refractivity contribution in [2.75, 3.05) is 25.9 Å². The number of nitrogens with one attached hydrogen (secondary N) is 1. The van der Waals surface area contributed by atoms with Crippen LogP contribution >= 0.6 is 23.1 Å². The number of amides is 1. The molecule has 0 aromatic carbocycles. The molecule has 124 valence electrons. The Balaban J connectivity index is 1.56. The summed E-state index contributed by atoms with van der Waals surface area (Å²) in [5.74, 6) is 1.20. The van der Waals surface area contributed by atoms with Gasteiger partial charge in [0.1, 0.15) is 0 Å². The smallest absolute Gasteiger partial charge is 0.258 e. The molecule has 6 nitrogen and oxygen atoms in total. The van der Waals surface area contributed by atoms with Gasteiger partial charge in [-0.1, -0.05) is 0 Å². The van der Waals surface area contributed by atoms with Gasteiger partial charge < -0.3 is 10.2 Å². The highest BCUT2D eigenvalue weighted by Crippen LogP contribution is 2.19. The third-order valence-corrected chi connectivity index (χ3v) is 5.68. The molecule has 1 saturated heterocycles. The molecular weight excluding hydrogens is 332 g/mol. The van der Waals surface area contributed by atoms with E-state index in [0.717, 1.165) is 31.6 Å². The molecule has 1 atom stereocenters. The van der Waals surface area contributed by atoms with E-state index in [4.69, 9.17) is 0 Å². The Bertz CT molecular complexity index is 742. The van der Waals surface area contributed by atoms with Crippen molar-refractivity contribution in [3.63, 3.8) is 0 Å². The Morgan fingerprint density at radius 3 is 3.26 bits per heavy atom. The molecule has 1 aliphatic rings. The van der Waals surface area contributed by atoms with Crippen LogP contribution in [0.3, 0.4) is 0 Å². The molecule has 1 fully saturated rings. The van der Waals surface area contributed by atoms with Gasteiger partial charge in [-0.15, -0.1) is 23.1 Å². The Hall–Kier alpha value is -1.38. The second-order valence-corrected chi connectivity index (χ2v) is 7.43. The summed E-state index contributed by atoms with van der Waals surface area (Å²) in [5.41, 5.74) is 0.676. The predicted octanol–water partition coefficient (Wildman–Crippen LogP) is 1.20. The van der Waals surface area contributed by atoms with E-state index in [1.54, 1.807) is 12.3 Å². The molecule has 1 aliphatic heterocycles. The van der Waals surface area contributed by atoms with E-state index in [2.05, 4.69) is 10.3 Å². The molecule has 0 bridgehead atoms. The average Bonchev–Trinajstić information content (AvgIpc) is 3.16. The van der Waals surface area contributed by atoms with Crippen LogP contribution in [0, 0.1) is 0 Å². The minimum atomic E-state index is -0.0631. The number of rotatable bonds is 6. The first kappa shape index (κ1) is 16.5. The SMILES string of the molecule is CNCC1CCCN1C(=O)CSCc1cc(=O)n2ccsc2n1. The summed E-state index contributed by atoms with van der Waals surface area (Å²) in [5, 5.41) is 5.00. The van der Waals surface area contributed by atoms with Crippen molar-refractivity contribution in [1.82, 2.24) is 19.6 Å². The fraction of sp³-hybridized carbons (Fsp3) is 0.533. The first-order valence-electron chi connectivity index (χ1n) is 7.66. The maximum Gasteiger partial charge on any atom is 0.258 e. The topological polar surface area (TPSA) is 66.7 Å². The molecule has 0 saturated carbocycles. The number of thioether (sulfide) groups is 1. The van der Waals surface area contributed by atoms with E-state index in [1.165, 1.54) is 27.5 Å². The second-order valence-electron chi connectivity index (χ2n) is 5.57. The summed E-state index contributed by atoms with van der Waals surface area (Å²) >= 11 is 2.97. The van der Waals surface area contributed by atoms with Crippen LogP contribution < -0.4 is 10.9 Å². The van der Waals surface area contributed by atoms with Crippen LogP contribution in [0.25, 0.3) is 4.96 Å². The summed E-state index contributed by atoms with van der Waals surface area (Å²) in [4.78, 5) is 31.4. The van der Waals surface area contributed by atoms with E-state index >= 15 is 0 Å². The minimum Gasteiger partial charge on any atom is -0.338 e. The lowest BCUT2D eigenvalue weighted by atomic mass is 10.2. The lowest BCUT2D eigenvalue weighted by Crippen LogP contribution is -2.41. The Labute approximate surface area is 142 Å². The van der Waals surface area contributed by atoms with Gasteiger partial charge in [-0.05, 0) is 19.9 Å². The summed E-state index contributed by atoms with van der Waals surface area (Å²) in [6.07, 6.45) is 3.88. The van der Waals surface area contributed by atoms with Crippen molar-refractivity contribution in [2.24, 2.45) is 0 Å². The number of thiazole rings is 1. The Morgan fingerprint density at radius 1 is 1.57 bits per heavy atom. The first-order valence-corrected chi connectivity index (χ1v) is 9.70. The second kappa shape index (κ2) is 7.46. The highest BCUT2D eigenvalue weighted by Gasteiger charge is 2.27. The van der Waals surface area contributed by atoms with Crippen molar-refractivity contribution in [2.45, 2.75) is 24.6 Å². The van der Waals surface area contributed by atoms with E-state index < -0.39 is 0 Å². The number of carbonyl (C=O) groups excluding carboxylic acids is 1. The highest BCUT2D eigenvalue weighted by molar-refractivity contribution is 7.99. The lowest BCUT2D eigenvalue weighted by molar-refractivity contribution is -0.129. The first-order chi connectivity index (χ1) is 11.2. The zero-order valence-corrected chi connectivity index (χ0v) is 14.7. The van der Waals surface area contributed by atoms with Crippen LogP contribution in [-0.4, -0.2) is 52.1 Å². The third kappa shape index (κ3) is 3.76. The maximum atomic E-state index is 12.4. The van der Waals surface area contributed by atoms with Gasteiger partial charge in [-0.2, -0.15) is 0 Å². The number of carbonyl (C=O) groups is 1. The van der Waals surface area contributed by atoms with Gasteiger partial charge in [0, 0.05) is 42.5 Å². The molecule has 2 aromatic rings. The number of aromatic nitrogens is 2. The fourth-order valence-corrected chi connectivity index (χ4v) is 4.44. The van der Waals surface area contributed by atoms with Crippen molar-refractivity contribution < 1.29 is 4.79 Å². The van der Waals surface area contributed by atoms with Gasteiger partial charge in [0.25, 0.3) is 5.56 Å². The van der Waals surface area contributed by atoms with Gasteiger partial charge in [-0.25, -0.2) is 4.98 Å². The van der Waals surface area contributed by atoms with E-state index in [9.17, 15) is 9.59 Å². The molecule has 23 heavy (non-hydrogen) atoms. The molecule has 2 aromatic heterocycles. The standard InChI is InChI=1S/C15H20N4O2S2/c1-16-8-12-3-2-4-18(12)14(21)10-22-9-11-7-13(20)19-5-6-23-15(19)17-11/h5-7,12,16H,2-4,8-10H2,1H3. The molecule has 3 heterocycles. The van der Waals surface area contributed by atoms with Gasteiger partial charge >= 0.3 is 0 Å². The average molecular weight is 352 g/mol. The number of fused-ring (bicyclic) bond motifs is 1. The summed E-state index contributed by atoms with van der Waals surface area (Å²) in [6.45, 7) is 1.70. The summed E-state index contributed by atoms with van der Waals surface area (Å²) < 4.78 is 1.54. The Kier molecular flexibility index (Phi) is 5.34. The molecule has 0 aliphatic carbocycles. The van der Waals surface area contributed by atoms with Gasteiger partial charge in [-0.3, -0.25) is 14.0 Å². The zero-order valence-electron chi connectivity index (χ0n) is 13.0. The fourth-order valence-electron chi connectivity index (χ4n) is 2.90. The number of hydrogen-bond acceptors (Lipinski definition) is 6. The van der Waals surface area contributed by atoms with Crippen LogP contribution in [-0.2, 0) is 10.5 Å². The number of nitrogens with zero attached hydrogens (tertiary/aromatic N) is 3. The van der Waals surface area contributed by atoms with Crippen LogP contribution in [0.2, 0.25) is 0 Å². The molecule has 1 N–H and O–H groups in total. The minimum absolute atomic E-state index is 0.0631. The van der Waals surface area contributed by atoms with Crippen LogP contribution in [0.1, 0.15) is 18.5 Å². The number of likely N-dealkylation sites (tertiary alicyclic amines) is 1. The van der Waals surface area contributed by atoms with Crippen molar-refractivity contribution in [3.8, 4) is 0 Å². The van der Waals surface area contributed by atoms with Gasteiger partial charge in [0.2, 0.25) is 5.91 Å². The van der Waals surface area contributed by atoms with Crippen LogP contribution in [0.15, 0.2) is 22.4 Å². The summed E-state index contributed by atoms with van der Waals surface area (Å²) in [6, 6.07) is 1.87. The molecule has 0 radical (unpaired) electrons. The number of hydrogen-bond donors (Lipinski definition) is 1. The van der Waals surface area contributed by atoms with E-state index in [0.29, 0.717) is 22.5 Å². The van der Waals surface area contributed by atoms with Crippen LogP contribution in [0.4, 0.5) is 0 Å². The summed E-state index contributed by atoms with van der Waals surface area (Å²) in [7, 11) is 1.92. The molecule has 0 spiro atoms. The van der Waals surface area contributed by atoms with Crippen molar-refractivity contribution in [1.29, 1.82) is 0 Å². The maximum absolute atomic E-state index is 12.4. The molecular formula is C15H20N4O2S2. The molecule has 1 amide bonds. The van der Waals surface area contributed by atoms with Gasteiger partial charge in [0.05, 0.1) is 11.4 Å². The van der Waals surface area contributed by atoms with Crippen molar-refractivity contribution >= 4 is 34.0 Å². The van der Waals surface area contributed by atoms with Crippen molar-refractivity contribution in [3.05, 3.63) is 33.7 Å². The predicted molar refractivity (Wildman–Crippen MR) is 94.2 cm³/mol. The van der Waals surface area contributed by atoms with E-state index in [1.807, 2.05) is 17.3 Å². The zero-order chi connectivity index (χ0) is 16.2. The lowest BCUT2D eigenvalue weighted by Gasteiger charge is -2.24. The number of likely N-dealkylation sites (N-methyl/N-ethyl adjacent to an activating group) is 1. The Morgan fingerprint density at radius 2 is 2.43 bits per heavy atom. The largest absolute Gasteiger partial charge is 0.338 e.